The number of hydrogen-bond acceptors (Lipinski definition) is 4. The van der Waals surface area contributed by atoms with Crippen LogP contribution in [0.2, 0.25) is 5.02 Å². The van der Waals surface area contributed by atoms with Crippen LogP contribution < -0.4 is 5.73 Å². The topological polar surface area (TPSA) is 76.2 Å². The molecule has 2 rings (SSSR count). The van der Waals surface area contributed by atoms with E-state index in [0.29, 0.717) is 15.8 Å². The first kappa shape index (κ1) is 13.7. The SMILES string of the molecule is Nc1c(C(=O)O)ccnc1SCc1ccc(Cl)cc1. The van der Waals surface area contributed by atoms with Crippen LogP contribution in [0.1, 0.15) is 15.9 Å². The smallest absolute Gasteiger partial charge is 0.337 e. The maximum Gasteiger partial charge on any atom is 0.337 e. The number of benzene rings is 1. The monoisotopic (exact) mass is 294 g/mol. The molecule has 0 amide bonds. The molecule has 6 heteroatoms. The molecule has 1 heterocycles. The number of nitrogens with two attached hydrogens (primary N) is 1. The number of carbonyl (C=O) groups is 1. The van der Waals surface area contributed by atoms with Crippen LogP contribution in [-0.4, -0.2) is 16.1 Å². The summed E-state index contributed by atoms with van der Waals surface area (Å²) in [4.78, 5) is 15.1. The Bertz CT molecular complexity index is 602. The molecular weight excluding hydrogens is 284 g/mol. The highest BCUT2D eigenvalue weighted by Crippen LogP contribution is 2.28. The standard InChI is InChI=1S/C13H11ClN2O2S/c14-9-3-1-8(2-4-9)7-19-12-11(15)10(13(17)18)5-6-16-12/h1-6H,7,15H2,(H,17,18). The van der Waals surface area contributed by atoms with Gasteiger partial charge in [0, 0.05) is 17.0 Å². The lowest BCUT2D eigenvalue weighted by Crippen LogP contribution is -2.04. The first-order valence-corrected chi connectivity index (χ1v) is 6.79. The Balaban J connectivity index is 2.13. The van der Waals surface area contributed by atoms with Crippen LogP contribution in [0.3, 0.4) is 0 Å². The third-order valence-electron chi connectivity index (χ3n) is 2.47. The van der Waals surface area contributed by atoms with E-state index in [1.807, 2.05) is 24.3 Å². The molecule has 1 aromatic heterocycles. The van der Waals surface area contributed by atoms with Crippen LogP contribution in [-0.2, 0) is 5.75 Å². The zero-order chi connectivity index (χ0) is 13.8. The van der Waals surface area contributed by atoms with Crippen molar-refractivity contribution in [2.45, 2.75) is 10.8 Å². The van der Waals surface area contributed by atoms with E-state index in [0.717, 1.165) is 5.56 Å². The second-order valence-corrected chi connectivity index (χ2v) is 5.20. The van der Waals surface area contributed by atoms with Crippen molar-refractivity contribution in [2.24, 2.45) is 0 Å². The molecule has 0 aliphatic heterocycles. The molecule has 0 spiro atoms. The molecule has 0 unspecified atom stereocenters. The Labute approximate surface area is 119 Å². The van der Waals surface area contributed by atoms with Gasteiger partial charge in [-0.3, -0.25) is 0 Å². The van der Waals surface area contributed by atoms with Crippen LogP contribution in [0, 0.1) is 0 Å². The molecule has 0 aliphatic carbocycles. The Hall–Kier alpha value is -1.72. The highest BCUT2D eigenvalue weighted by Gasteiger charge is 2.12. The number of nitrogens with zero attached hydrogens (tertiary/aromatic N) is 1. The molecule has 1 aromatic carbocycles. The molecule has 3 N–H and O–H groups in total. The highest BCUT2D eigenvalue weighted by molar-refractivity contribution is 7.98. The Morgan fingerprint density at radius 1 is 1.32 bits per heavy atom. The number of nitrogen functional groups attached to an aromatic ring is 1. The average molecular weight is 295 g/mol. The van der Waals surface area contributed by atoms with E-state index in [2.05, 4.69) is 4.98 Å². The van der Waals surface area contributed by atoms with Gasteiger partial charge in [0.15, 0.2) is 0 Å². The minimum absolute atomic E-state index is 0.0774. The Morgan fingerprint density at radius 2 is 2.00 bits per heavy atom. The van der Waals surface area contributed by atoms with Crippen LogP contribution in [0.5, 0.6) is 0 Å². The highest BCUT2D eigenvalue weighted by atomic mass is 35.5. The lowest BCUT2D eigenvalue weighted by atomic mass is 10.2. The molecule has 0 fully saturated rings. The largest absolute Gasteiger partial charge is 0.478 e. The summed E-state index contributed by atoms with van der Waals surface area (Å²) in [5.74, 6) is -0.398. The van der Waals surface area contributed by atoms with E-state index in [1.165, 1.54) is 24.0 Å². The number of hydrogen-bond donors (Lipinski definition) is 2. The third kappa shape index (κ3) is 3.39. The van der Waals surface area contributed by atoms with Crippen LogP contribution in [0.25, 0.3) is 0 Å². The number of pyridine rings is 1. The molecule has 0 saturated carbocycles. The van der Waals surface area contributed by atoms with Gasteiger partial charge in [0.2, 0.25) is 0 Å². The van der Waals surface area contributed by atoms with E-state index < -0.39 is 5.97 Å². The maximum absolute atomic E-state index is 11.0. The number of aromatic nitrogens is 1. The van der Waals surface area contributed by atoms with Crippen molar-refractivity contribution >= 4 is 35.0 Å². The molecule has 0 bridgehead atoms. The van der Waals surface area contributed by atoms with Crippen molar-refractivity contribution in [3.63, 3.8) is 0 Å². The number of thioether (sulfide) groups is 1. The van der Waals surface area contributed by atoms with Crippen molar-refractivity contribution in [2.75, 3.05) is 5.73 Å². The van der Waals surface area contributed by atoms with Gasteiger partial charge in [0.25, 0.3) is 0 Å². The van der Waals surface area contributed by atoms with Gasteiger partial charge in [-0.1, -0.05) is 35.5 Å². The predicted octanol–water partition coefficient (Wildman–Crippen LogP) is 3.31. The Morgan fingerprint density at radius 3 is 2.63 bits per heavy atom. The van der Waals surface area contributed by atoms with Crippen molar-refractivity contribution in [1.29, 1.82) is 0 Å². The van der Waals surface area contributed by atoms with E-state index >= 15 is 0 Å². The Kier molecular flexibility index (Phi) is 4.29. The van der Waals surface area contributed by atoms with Crippen molar-refractivity contribution < 1.29 is 9.90 Å². The van der Waals surface area contributed by atoms with E-state index in [4.69, 9.17) is 22.4 Å². The quantitative estimate of drug-likeness (QED) is 0.846. The normalized spacial score (nSPS) is 10.4. The molecule has 0 saturated heterocycles. The van der Waals surface area contributed by atoms with Crippen molar-refractivity contribution in [1.82, 2.24) is 4.98 Å². The van der Waals surface area contributed by atoms with Crippen molar-refractivity contribution in [3.05, 3.63) is 52.7 Å². The van der Waals surface area contributed by atoms with Crippen molar-refractivity contribution in [3.8, 4) is 0 Å². The summed E-state index contributed by atoms with van der Waals surface area (Å²) in [5.41, 5.74) is 7.13. The van der Waals surface area contributed by atoms with Crippen LogP contribution in [0.15, 0.2) is 41.6 Å². The molecule has 0 aliphatic rings. The number of halogens is 1. The molecular formula is C13H11ClN2O2S. The van der Waals surface area contributed by atoms with Crippen LogP contribution in [0.4, 0.5) is 5.69 Å². The fraction of sp³-hybridized carbons (Fsp3) is 0.0769. The number of rotatable bonds is 4. The molecule has 0 radical (unpaired) electrons. The second-order valence-electron chi connectivity index (χ2n) is 3.80. The number of aromatic carboxylic acids is 1. The summed E-state index contributed by atoms with van der Waals surface area (Å²) >= 11 is 7.20. The molecule has 19 heavy (non-hydrogen) atoms. The van der Waals surface area contributed by atoms with E-state index in [1.54, 1.807) is 0 Å². The van der Waals surface area contributed by atoms with E-state index in [9.17, 15) is 4.79 Å². The summed E-state index contributed by atoms with van der Waals surface area (Å²) in [5, 5.41) is 10.2. The lowest BCUT2D eigenvalue weighted by Gasteiger charge is -2.07. The molecule has 0 atom stereocenters. The van der Waals surface area contributed by atoms with Gasteiger partial charge in [-0.15, -0.1) is 0 Å². The zero-order valence-electron chi connectivity index (χ0n) is 9.84. The third-order valence-corrected chi connectivity index (χ3v) is 3.80. The van der Waals surface area contributed by atoms with Gasteiger partial charge in [-0.2, -0.15) is 0 Å². The zero-order valence-corrected chi connectivity index (χ0v) is 11.4. The number of carboxylic acid groups (broad SMARTS) is 1. The van der Waals surface area contributed by atoms with Gasteiger partial charge in [0.1, 0.15) is 5.03 Å². The predicted molar refractivity (Wildman–Crippen MR) is 76.6 cm³/mol. The summed E-state index contributed by atoms with van der Waals surface area (Å²) in [6.07, 6.45) is 1.45. The summed E-state index contributed by atoms with van der Waals surface area (Å²) in [6.45, 7) is 0. The van der Waals surface area contributed by atoms with E-state index in [-0.39, 0.29) is 11.3 Å². The summed E-state index contributed by atoms with van der Waals surface area (Å²) < 4.78 is 0. The van der Waals surface area contributed by atoms with Gasteiger partial charge in [-0.25, -0.2) is 9.78 Å². The first-order chi connectivity index (χ1) is 9.08. The van der Waals surface area contributed by atoms with Gasteiger partial charge < -0.3 is 10.8 Å². The average Bonchev–Trinajstić information content (AvgIpc) is 2.39. The summed E-state index contributed by atoms with van der Waals surface area (Å²) in [6, 6.07) is 8.83. The van der Waals surface area contributed by atoms with Gasteiger partial charge in [-0.05, 0) is 23.8 Å². The lowest BCUT2D eigenvalue weighted by molar-refractivity contribution is 0.0697. The fourth-order valence-corrected chi connectivity index (χ4v) is 2.51. The summed E-state index contributed by atoms with van der Waals surface area (Å²) in [7, 11) is 0. The minimum Gasteiger partial charge on any atom is -0.478 e. The molecule has 4 nitrogen and oxygen atoms in total. The van der Waals surface area contributed by atoms with Gasteiger partial charge in [0.05, 0.1) is 11.3 Å². The van der Waals surface area contributed by atoms with Gasteiger partial charge >= 0.3 is 5.97 Å². The number of carboxylic acids is 1. The molecule has 2 aromatic rings. The minimum atomic E-state index is -1.05. The first-order valence-electron chi connectivity index (χ1n) is 5.43. The second kappa shape index (κ2) is 5.95. The maximum atomic E-state index is 11.0. The van der Waals surface area contributed by atoms with Crippen LogP contribution >= 0.6 is 23.4 Å². The fourth-order valence-electron chi connectivity index (χ4n) is 1.49. The molecule has 98 valence electrons. The number of anilines is 1.